The minimum atomic E-state index is -4.88. The van der Waals surface area contributed by atoms with E-state index < -0.39 is 105 Å². The van der Waals surface area contributed by atoms with Crippen molar-refractivity contribution in [2.24, 2.45) is 17.6 Å². The van der Waals surface area contributed by atoms with Crippen LogP contribution in [0.15, 0.2) is 28.7 Å². The van der Waals surface area contributed by atoms with Crippen molar-refractivity contribution in [3.63, 3.8) is 0 Å². The molecule has 0 aromatic heterocycles. The molecule has 1 saturated heterocycles. The van der Waals surface area contributed by atoms with Gasteiger partial charge in [-0.15, -0.1) is 0 Å². The second kappa shape index (κ2) is 10.9. The summed E-state index contributed by atoms with van der Waals surface area (Å²) in [6, 6.07) is -0.965. The summed E-state index contributed by atoms with van der Waals surface area (Å²) in [6.45, 7) is 4.90. The molecule has 234 valence electrons. The fourth-order valence-electron chi connectivity index (χ4n) is 7.70. The molecule has 0 bridgehead atoms. The number of ketones is 2. The molecule has 1 fully saturated rings. The average molecular weight is 608 g/mol. The minimum Gasteiger partial charge on any atom is -0.510 e. The quantitative estimate of drug-likeness (QED) is 0.255. The van der Waals surface area contributed by atoms with E-state index in [1.54, 1.807) is 4.90 Å². The van der Waals surface area contributed by atoms with Crippen molar-refractivity contribution >= 4 is 17.5 Å². The zero-order valence-electron chi connectivity index (χ0n) is 23.9. The van der Waals surface area contributed by atoms with E-state index in [4.69, 9.17) is 5.73 Å². The van der Waals surface area contributed by atoms with E-state index in [1.165, 1.54) is 0 Å². The zero-order valence-corrected chi connectivity index (χ0v) is 23.9. The van der Waals surface area contributed by atoms with Crippen molar-refractivity contribution in [2.75, 3.05) is 19.6 Å². The van der Waals surface area contributed by atoms with Gasteiger partial charge in [-0.2, -0.15) is 13.2 Å². The second-order valence-electron chi connectivity index (χ2n) is 11.9. The number of fused-ring (bicyclic) bond motifs is 3. The molecule has 7 N–H and O–H groups in total. The number of aliphatic hydroxyl groups is 3. The molecule has 0 radical (unpaired) electrons. The van der Waals surface area contributed by atoms with Crippen LogP contribution in [0.1, 0.15) is 79.0 Å². The standard InChI is InChI=1S/C30H36F3N3O7/c1-3-8-36(9-4-2)23-16-11-13-10-15-20(18(37)12-14(17-6-5-7-35-17)22(15)30(31,32)33)24(38)19(13)26(40)29(16,43)27(41)21(25(23)39)28(34)42/h12-13,16-17,23,35,37,39-40,43H,3-11H2,1-2H3,(H2,34,42)/t13-,16-,17?,23-,29-/m0/s1. The first-order valence-electron chi connectivity index (χ1n) is 14.6. The van der Waals surface area contributed by atoms with Crippen molar-refractivity contribution in [3.8, 4) is 5.75 Å². The summed E-state index contributed by atoms with van der Waals surface area (Å²) in [5, 5.41) is 48.6. The van der Waals surface area contributed by atoms with Crippen LogP contribution in [0.3, 0.4) is 0 Å². The fourth-order valence-corrected chi connectivity index (χ4v) is 7.70. The molecule has 1 heterocycles. The van der Waals surface area contributed by atoms with Gasteiger partial charge in [0.05, 0.1) is 17.2 Å². The zero-order chi connectivity index (χ0) is 31.6. The van der Waals surface area contributed by atoms with Gasteiger partial charge < -0.3 is 31.5 Å². The van der Waals surface area contributed by atoms with Gasteiger partial charge in [0.25, 0.3) is 5.91 Å². The van der Waals surface area contributed by atoms with E-state index in [0.29, 0.717) is 45.3 Å². The van der Waals surface area contributed by atoms with Gasteiger partial charge in [0.15, 0.2) is 11.4 Å². The Hall–Kier alpha value is -3.42. The Morgan fingerprint density at radius 3 is 2.35 bits per heavy atom. The number of rotatable bonds is 7. The van der Waals surface area contributed by atoms with Crippen LogP contribution >= 0.6 is 0 Å². The maximum atomic E-state index is 14.7. The molecule has 4 aliphatic rings. The number of hydrogen-bond acceptors (Lipinski definition) is 9. The number of primary amides is 1. The number of alkyl halides is 3. The fraction of sp³-hybridized carbons (Fsp3) is 0.567. The lowest BCUT2D eigenvalue weighted by atomic mass is 9.58. The van der Waals surface area contributed by atoms with Gasteiger partial charge in [-0.1, -0.05) is 13.8 Å². The van der Waals surface area contributed by atoms with Gasteiger partial charge in [0.1, 0.15) is 22.8 Å². The lowest BCUT2D eigenvalue weighted by molar-refractivity contribution is -0.149. The largest absolute Gasteiger partial charge is 0.510 e. The number of phenols is 1. The second-order valence-corrected chi connectivity index (χ2v) is 11.9. The smallest absolute Gasteiger partial charge is 0.417 e. The van der Waals surface area contributed by atoms with Crippen LogP contribution in [-0.4, -0.2) is 74.1 Å². The maximum absolute atomic E-state index is 14.7. The Balaban J connectivity index is 1.74. The lowest BCUT2D eigenvalue weighted by Gasteiger charge is -2.51. The molecule has 3 aliphatic carbocycles. The Labute approximate surface area is 246 Å². The highest BCUT2D eigenvalue weighted by molar-refractivity contribution is 6.24. The van der Waals surface area contributed by atoms with Gasteiger partial charge in [-0.25, -0.2) is 0 Å². The summed E-state index contributed by atoms with van der Waals surface area (Å²) >= 11 is 0. The number of nitrogens with one attached hydrogen (secondary N) is 1. The monoisotopic (exact) mass is 607 g/mol. The molecule has 1 aromatic carbocycles. The summed E-state index contributed by atoms with van der Waals surface area (Å²) in [5.41, 5.74) is -1.11. The van der Waals surface area contributed by atoms with Crippen molar-refractivity contribution in [3.05, 3.63) is 51.0 Å². The van der Waals surface area contributed by atoms with Gasteiger partial charge >= 0.3 is 6.18 Å². The summed E-state index contributed by atoms with van der Waals surface area (Å²) in [5.74, 6) is -8.79. The van der Waals surface area contributed by atoms with Crippen molar-refractivity contribution in [1.29, 1.82) is 0 Å². The third-order valence-corrected chi connectivity index (χ3v) is 9.33. The highest BCUT2D eigenvalue weighted by atomic mass is 19.4. The van der Waals surface area contributed by atoms with E-state index in [1.807, 2.05) is 13.8 Å². The van der Waals surface area contributed by atoms with Crippen molar-refractivity contribution < 1.29 is 48.0 Å². The lowest BCUT2D eigenvalue weighted by Crippen LogP contribution is -2.64. The van der Waals surface area contributed by atoms with Crippen LogP contribution < -0.4 is 11.1 Å². The van der Waals surface area contributed by atoms with Gasteiger partial charge in [-0.05, 0) is 81.3 Å². The molecule has 43 heavy (non-hydrogen) atoms. The van der Waals surface area contributed by atoms with Crippen LogP contribution in [0.2, 0.25) is 0 Å². The number of carbonyl (C=O) groups excluding carboxylic acids is 3. The number of Topliss-reactive ketones (excluding diaryl/α,β-unsaturated/α-hetero) is 2. The molecule has 0 saturated carbocycles. The molecule has 10 nitrogen and oxygen atoms in total. The average Bonchev–Trinajstić information content (AvgIpc) is 3.45. The normalized spacial score (nSPS) is 29.2. The van der Waals surface area contributed by atoms with Crippen LogP contribution in [0.5, 0.6) is 5.75 Å². The summed E-state index contributed by atoms with van der Waals surface area (Å²) in [4.78, 5) is 41.6. The number of halogens is 3. The first-order chi connectivity index (χ1) is 20.2. The molecule has 13 heteroatoms. The molecular weight excluding hydrogens is 571 g/mol. The summed E-state index contributed by atoms with van der Waals surface area (Å²) in [6.07, 6.45) is -3.40. The SMILES string of the molecule is CCCN(CCC)[C@@H]1C(O)=C(C(N)=O)C(=O)[C@@]2(O)C(O)=C3C(=O)c4c(O)cc(C5CCCN5)c(C(F)(F)F)c4C[C@H]3C[C@@H]12. The highest BCUT2D eigenvalue weighted by Crippen LogP contribution is 2.54. The maximum Gasteiger partial charge on any atom is 0.417 e. The Morgan fingerprint density at radius 2 is 1.81 bits per heavy atom. The van der Waals surface area contributed by atoms with Crippen LogP contribution in [0.4, 0.5) is 13.2 Å². The van der Waals surface area contributed by atoms with E-state index in [9.17, 15) is 48.0 Å². The number of aliphatic hydroxyl groups excluding tert-OH is 2. The molecular formula is C30H36F3N3O7. The number of amides is 1. The summed E-state index contributed by atoms with van der Waals surface area (Å²) < 4.78 is 44.0. The van der Waals surface area contributed by atoms with Crippen molar-refractivity contribution in [1.82, 2.24) is 10.2 Å². The highest BCUT2D eigenvalue weighted by Gasteiger charge is 2.64. The molecule has 1 aliphatic heterocycles. The Morgan fingerprint density at radius 1 is 1.16 bits per heavy atom. The minimum absolute atomic E-state index is 0.174. The Kier molecular flexibility index (Phi) is 7.89. The molecule has 5 rings (SSSR count). The molecule has 1 aromatic rings. The molecule has 1 unspecified atom stereocenters. The first kappa shape index (κ1) is 31.0. The van der Waals surface area contributed by atoms with Crippen molar-refractivity contribution in [2.45, 2.75) is 76.2 Å². The third-order valence-electron chi connectivity index (χ3n) is 9.33. The van der Waals surface area contributed by atoms with Gasteiger partial charge in [-0.3, -0.25) is 19.3 Å². The van der Waals surface area contributed by atoms with E-state index in [0.717, 1.165) is 6.07 Å². The number of benzene rings is 1. The Bertz CT molecular complexity index is 1440. The number of nitrogens with zero attached hydrogens (tertiary/aromatic N) is 1. The molecule has 0 spiro atoms. The third kappa shape index (κ3) is 4.63. The number of carbonyl (C=O) groups is 3. The van der Waals surface area contributed by atoms with Crippen LogP contribution in [0.25, 0.3) is 0 Å². The number of hydrogen-bond donors (Lipinski definition) is 6. The molecule has 1 amide bonds. The topological polar surface area (TPSA) is 173 Å². The van der Waals surface area contributed by atoms with Gasteiger partial charge in [0.2, 0.25) is 5.78 Å². The number of allylic oxidation sites excluding steroid dienone is 1. The van der Waals surface area contributed by atoms with Crippen LogP contribution in [-0.2, 0) is 22.2 Å². The van der Waals surface area contributed by atoms with E-state index >= 15 is 0 Å². The summed E-state index contributed by atoms with van der Waals surface area (Å²) in [7, 11) is 0. The predicted octanol–water partition coefficient (Wildman–Crippen LogP) is 3.12. The van der Waals surface area contributed by atoms with E-state index in [2.05, 4.69) is 5.32 Å². The molecule has 5 atom stereocenters. The first-order valence-corrected chi connectivity index (χ1v) is 14.6. The number of phenolic OH excluding ortho intramolecular Hbond substituents is 1. The van der Waals surface area contributed by atoms with Crippen LogP contribution in [0, 0.1) is 11.8 Å². The number of aromatic hydroxyl groups is 1. The predicted molar refractivity (Wildman–Crippen MR) is 147 cm³/mol. The number of nitrogens with two attached hydrogens (primary N) is 1. The van der Waals surface area contributed by atoms with E-state index in [-0.39, 0.29) is 12.0 Å². The van der Waals surface area contributed by atoms with Gasteiger partial charge in [0, 0.05) is 17.5 Å².